The average Bonchev–Trinajstić information content (AvgIpc) is 3.76. The molecule has 0 aliphatic carbocycles. The third-order valence-electron chi connectivity index (χ3n) is 8.90. The summed E-state index contributed by atoms with van der Waals surface area (Å²) >= 11 is 0. The Labute approximate surface area is 233 Å². The van der Waals surface area contributed by atoms with Gasteiger partial charge in [0.2, 0.25) is 0 Å². The third kappa shape index (κ3) is 8.36. The van der Waals surface area contributed by atoms with Crippen molar-refractivity contribution >= 4 is 16.6 Å². The fourth-order valence-electron chi connectivity index (χ4n) is 5.32. The highest BCUT2D eigenvalue weighted by Crippen LogP contribution is 2.41. The normalized spacial score (nSPS) is 21.1. The first-order valence-electron chi connectivity index (χ1n) is 14.7. The molecule has 1 saturated heterocycles. The lowest BCUT2D eigenvalue weighted by Gasteiger charge is -2.42. The van der Waals surface area contributed by atoms with Crippen molar-refractivity contribution in [3.63, 3.8) is 0 Å². The molecule has 0 saturated carbocycles. The van der Waals surface area contributed by atoms with Crippen LogP contribution in [-0.2, 0) is 24.9 Å². The molecule has 2 rings (SSSR count). The van der Waals surface area contributed by atoms with Crippen LogP contribution in [0.1, 0.15) is 54.0 Å². The summed E-state index contributed by atoms with van der Waals surface area (Å²) in [5.74, 6) is 0.940. The van der Waals surface area contributed by atoms with Crippen LogP contribution in [0, 0.1) is 5.92 Å². The molecule has 1 aliphatic heterocycles. The minimum absolute atomic E-state index is 0.0759. The van der Waals surface area contributed by atoms with E-state index in [4.69, 9.17) is 23.1 Å². The zero-order chi connectivity index (χ0) is 28.4. The Morgan fingerprint density at radius 2 is 1.45 bits per heavy atom. The molecule has 0 unspecified atom stereocenters. The van der Waals surface area contributed by atoms with E-state index >= 15 is 0 Å². The molecule has 5 atom stereocenters. The fourth-order valence-corrected chi connectivity index (χ4v) is 10.9. The predicted molar refractivity (Wildman–Crippen MR) is 158 cm³/mol. The van der Waals surface area contributed by atoms with Gasteiger partial charge in [-0.1, -0.05) is 60.6 Å². The lowest BCUT2D eigenvalue weighted by Crippen LogP contribution is -2.59. The van der Waals surface area contributed by atoms with Gasteiger partial charge in [-0.25, -0.2) is 0 Å². The molecular formula is C29H54O7Si2. The zero-order valence-electron chi connectivity index (χ0n) is 25.1. The van der Waals surface area contributed by atoms with Crippen LogP contribution in [0.15, 0.2) is 24.3 Å². The van der Waals surface area contributed by atoms with Crippen molar-refractivity contribution in [2.45, 2.75) is 115 Å². The maximum Gasteiger partial charge on any atom is 0.192 e. The number of aliphatic hydroxyl groups is 2. The molecule has 0 spiro atoms. The largest absolute Gasteiger partial charge is 0.497 e. The number of methoxy groups -OCH3 is 1. The molecule has 9 heteroatoms. The van der Waals surface area contributed by atoms with Crippen LogP contribution in [0.2, 0.25) is 36.3 Å². The molecule has 1 aromatic carbocycles. The van der Waals surface area contributed by atoms with Crippen LogP contribution in [-0.4, -0.2) is 77.7 Å². The maximum atomic E-state index is 11.9. The lowest BCUT2D eigenvalue weighted by atomic mass is 9.92. The number of benzene rings is 1. The van der Waals surface area contributed by atoms with Gasteiger partial charge in [-0.2, -0.15) is 0 Å². The Morgan fingerprint density at radius 1 is 0.895 bits per heavy atom. The minimum Gasteiger partial charge on any atom is -0.497 e. The van der Waals surface area contributed by atoms with Gasteiger partial charge < -0.3 is 33.3 Å². The number of rotatable bonds is 20. The van der Waals surface area contributed by atoms with E-state index in [1.165, 1.54) is 0 Å². The molecule has 1 fully saturated rings. The summed E-state index contributed by atoms with van der Waals surface area (Å²) in [4.78, 5) is 0. The molecular weight excluding hydrogens is 516 g/mol. The van der Waals surface area contributed by atoms with Crippen molar-refractivity contribution in [3.8, 4) is 5.75 Å². The number of ether oxygens (including phenoxy) is 3. The molecule has 7 nitrogen and oxygen atoms in total. The van der Waals surface area contributed by atoms with E-state index in [2.05, 4.69) is 48.5 Å². The van der Waals surface area contributed by atoms with Crippen LogP contribution in [0.4, 0.5) is 0 Å². The molecule has 0 amide bonds. The monoisotopic (exact) mass is 570 g/mol. The quantitative estimate of drug-likeness (QED) is 0.152. The van der Waals surface area contributed by atoms with Crippen molar-refractivity contribution in [2.24, 2.45) is 5.92 Å². The van der Waals surface area contributed by atoms with Crippen LogP contribution >= 0.6 is 0 Å². The van der Waals surface area contributed by atoms with Crippen LogP contribution in [0.25, 0.3) is 0 Å². The summed E-state index contributed by atoms with van der Waals surface area (Å²) in [7, 11) is -2.42. The standard InChI is InChI=1S/C29H54O7Si2/c1-9-37(10-2,11-3)34-22-29(31,21-30)28(36-38(12-4,13-5)14-6)27-26(35-27)23(7)19-33-20-24-15-17-25(32-8)18-16-24/h15-18,23,26-28,30-31H,9-14,19-22H2,1-8H3/t23-,26-,27+,28+,29+/m0/s1. The summed E-state index contributed by atoms with van der Waals surface area (Å²) in [6.07, 6.45) is -1.03. The van der Waals surface area contributed by atoms with Crippen LogP contribution in [0.3, 0.4) is 0 Å². The second-order valence-corrected chi connectivity index (χ2v) is 20.5. The smallest absolute Gasteiger partial charge is 0.192 e. The topological polar surface area (TPSA) is 89.9 Å². The Morgan fingerprint density at radius 3 is 1.92 bits per heavy atom. The van der Waals surface area contributed by atoms with E-state index in [-0.39, 0.29) is 24.7 Å². The predicted octanol–water partition coefficient (Wildman–Crippen LogP) is 5.75. The lowest BCUT2D eigenvalue weighted by molar-refractivity contribution is -0.128. The number of epoxide rings is 1. The van der Waals surface area contributed by atoms with Crippen molar-refractivity contribution in [1.29, 1.82) is 0 Å². The van der Waals surface area contributed by atoms with Gasteiger partial charge in [-0.05, 0) is 54.0 Å². The molecule has 220 valence electrons. The first kappa shape index (κ1) is 33.4. The molecule has 2 N–H and O–H groups in total. The second-order valence-electron chi connectivity index (χ2n) is 11.0. The van der Waals surface area contributed by atoms with E-state index in [1.54, 1.807) is 7.11 Å². The molecule has 38 heavy (non-hydrogen) atoms. The van der Waals surface area contributed by atoms with Gasteiger partial charge >= 0.3 is 0 Å². The summed E-state index contributed by atoms with van der Waals surface area (Å²) in [5.41, 5.74) is -0.433. The summed E-state index contributed by atoms with van der Waals surface area (Å²) in [6, 6.07) is 13.7. The highest BCUT2D eigenvalue weighted by molar-refractivity contribution is 6.74. The Bertz CT molecular complexity index is 784. The van der Waals surface area contributed by atoms with E-state index < -0.39 is 34.9 Å². The first-order chi connectivity index (χ1) is 18.1. The second kappa shape index (κ2) is 15.3. The van der Waals surface area contributed by atoms with E-state index in [0.29, 0.717) is 13.2 Å². The summed E-state index contributed by atoms with van der Waals surface area (Å²) in [5, 5.41) is 22.4. The Kier molecular flexibility index (Phi) is 13.4. The first-order valence-corrected chi connectivity index (χ1v) is 19.7. The van der Waals surface area contributed by atoms with Gasteiger partial charge in [-0.3, -0.25) is 0 Å². The summed E-state index contributed by atoms with van der Waals surface area (Å²) < 4.78 is 30.8. The zero-order valence-corrected chi connectivity index (χ0v) is 27.1. The van der Waals surface area contributed by atoms with Crippen molar-refractivity contribution < 1.29 is 33.3 Å². The number of aliphatic hydroxyl groups excluding tert-OH is 1. The average molecular weight is 571 g/mol. The maximum absolute atomic E-state index is 11.9. The van der Waals surface area contributed by atoms with Gasteiger partial charge in [0.25, 0.3) is 0 Å². The SMILES string of the molecule is CC[Si](CC)(CC)OC[C@](O)(CO)[C@H](O[Si](CC)(CC)CC)[C@@H]1O[C@H]1[C@@H](C)COCc1ccc(OC)cc1. The summed E-state index contributed by atoms with van der Waals surface area (Å²) in [6.45, 7) is 15.8. The van der Waals surface area contributed by atoms with E-state index in [9.17, 15) is 10.2 Å². The van der Waals surface area contributed by atoms with Crippen LogP contribution in [0.5, 0.6) is 5.75 Å². The minimum atomic E-state index is -2.11. The Hall–Kier alpha value is -0.786. The third-order valence-corrected chi connectivity index (χ3v) is 18.1. The van der Waals surface area contributed by atoms with Crippen molar-refractivity contribution in [2.75, 3.05) is 26.9 Å². The van der Waals surface area contributed by atoms with Gasteiger partial charge in [0.05, 0.1) is 39.6 Å². The van der Waals surface area contributed by atoms with E-state index in [0.717, 1.165) is 47.6 Å². The molecule has 1 heterocycles. The van der Waals surface area contributed by atoms with Gasteiger partial charge in [0.15, 0.2) is 16.6 Å². The van der Waals surface area contributed by atoms with E-state index in [1.807, 2.05) is 24.3 Å². The van der Waals surface area contributed by atoms with Crippen molar-refractivity contribution in [1.82, 2.24) is 0 Å². The fraction of sp³-hybridized carbons (Fsp3) is 0.793. The van der Waals surface area contributed by atoms with Gasteiger partial charge in [0.1, 0.15) is 23.6 Å². The molecule has 1 aliphatic rings. The van der Waals surface area contributed by atoms with Gasteiger partial charge in [-0.15, -0.1) is 0 Å². The number of hydrogen-bond acceptors (Lipinski definition) is 7. The van der Waals surface area contributed by atoms with Crippen molar-refractivity contribution in [3.05, 3.63) is 29.8 Å². The molecule has 0 aromatic heterocycles. The number of hydrogen-bond donors (Lipinski definition) is 2. The molecule has 1 aromatic rings. The van der Waals surface area contributed by atoms with Crippen LogP contribution < -0.4 is 4.74 Å². The van der Waals surface area contributed by atoms with Gasteiger partial charge in [0, 0.05) is 5.92 Å². The Balaban J connectivity index is 2.14. The highest BCUT2D eigenvalue weighted by Gasteiger charge is 2.58. The highest BCUT2D eigenvalue weighted by atomic mass is 28.4. The molecule has 0 bridgehead atoms. The molecule has 0 radical (unpaired) electrons.